The zero-order chi connectivity index (χ0) is 20.3. The van der Waals surface area contributed by atoms with Gasteiger partial charge in [0.25, 0.3) is 0 Å². The van der Waals surface area contributed by atoms with E-state index in [1.165, 1.54) is 32.6 Å². The first-order valence-electron chi connectivity index (χ1n) is 9.99. The first kappa shape index (κ1) is 19.9. The fourth-order valence-corrected chi connectivity index (χ4v) is 10.4. The van der Waals surface area contributed by atoms with Crippen molar-refractivity contribution in [2.75, 3.05) is 0 Å². The Morgan fingerprint density at radius 2 is 0.966 bits per heavy atom. The normalized spacial score (nSPS) is 12.9. The molecule has 4 aromatic rings. The first-order valence-corrected chi connectivity index (χ1v) is 13.3. The van der Waals surface area contributed by atoms with Crippen molar-refractivity contribution in [1.82, 2.24) is 0 Å². The van der Waals surface area contributed by atoms with Crippen molar-refractivity contribution < 1.29 is 0 Å². The summed E-state index contributed by atoms with van der Waals surface area (Å²) in [4.78, 5) is 0. The number of benzene rings is 4. The molecule has 0 bridgehead atoms. The fourth-order valence-electron chi connectivity index (χ4n) is 4.24. The molecule has 0 atom stereocenters. The van der Waals surface area contributed by atoms with Crippen LogP contribution in [-0.4, -0.2) is 0 Å². The van der Waals surface area contributed by atoms with Gasteiger partial charge in [-0.25, -0.2) is 0 Å². The molecular formula is C27H26ClP. The Balaban J connectivity index is 2.11. The summed E-state index contributed by atoms with van der Waals surface area (Å²) in [5, 5.41) is 3.62. The van der Waals surface area contributed by atoms with Crippen LogP contribution in [0.4, 0.5) is 0 Å². The van der Waals surface area contributed by atoms with Gasteiger partial charge in [-0.3, -0.25) is 0 Å². The molecule has 0 unspecified atom stereocenters. The topological polar surface area (TPSA) is 0 Å². The zero-order valence-electron chi connectivity index (χ0n) is 16.9. The molecule has 4 rings (SSSR count). The molecule has 0 saturated carbocycles. The molecule has 0 aliphatic carbocycles. The van der Waals surface area contributed by atoms with Gasteiger partial charge in [-0.2, -0.15) is 0 Å². The summed E-state index contributed by atoms with van der Waals surface area (Å²) in [5.41, 5.74) is 3.94. The van der Waals surface area contributed by atoms with E-state index in [1.807, 2.05) is 0 Å². The van der Waals surface area contributed by atoms with Crippen LogP contribution in [0, 0.1) is 13.8 Å². The Morgan fingerprint density at radius 3 is 1.38 bits per heavy atom. The van der Waals surface area contributed by atoms with Crippen molar-refractivity contribution in [2.45, 2.75) is 20.0 Å². The minimum absolute atomic E-state index is 0.790. The molecule has 146 valence electrons. The van der Waals surface area contributed by atoms with Gasteiger partial charge in [0.2, 0.25) is 0 Å². The molecule has 0 aromatic heterocycles. The van der Waals surface area contributed by atoms with Gasteiger partial charge in [-0.1, -0.05) is 0 Å². The second-order valence-electron chi connectivity index (χ2n) is 7.71. The summed E-state index contributed by atoms with van der Waals surface area (Å²) < 4.78 is 0. The molecule has 0 aliphatic rings. The predicted octanol–water partition coefficient (Wildman–Crippen LogP) is 6.49. The van der Waals surface area contributed by atoms with Crippen LogP contribution in [0.2, 0.25) is 0 Å². The van der Waals surface area contributed by atoms with Crippen LogP contribution >= 0.6 is 17.2 Å². The molecular weight excluding hydrogens is 391 g/mol. The van der Waals surface area contributed by atoms with Gasteiger partial charge in [0.05, 0.1) is 0 Å². The third kappa shape index (κ3) is 3.31. The predicted molar refractivity (Wildman–Crippen MR) is 131 cm³/mol. The van der Waals surface area contributed by atoms with Crippen LogP contribution in [0.3, 0.4) is 0 Å². The molecule has 0 spiro atoms. The SMILES string of the molecule is Cc1cccc(CP(Cl)(c2ccccc2)(c2ccccc2)c2ccccc2)c1C. The van der Waals surface area contributed by atoms with E-state index >= 15 is 0 Å². The monoisotopic (exact) mass is 416 g/mol. The fraction of sp³-hybridized carbons (Fsp3) is 0.111. The van der Waals surface area contributed by atoms with E-state index in [2.05, 4.69) is 123 Å². The first-order chi connectivity index (χ1) is 14.0. The number of rotatable bonds is 5. The van der Waals surface area contributed by atoms with Gasteiger partial charge in [0.15, 0.2) is 0 Å². The van der Waals surface area contributed by atoms with Gasteiger partial charge in [0, 0.05) is 0 Å². The average molecular weight is 417 g/mol. The zero-order valence-corrected chi connectivity index (χ0v) is 18.6. The summed E-state index contributed by atoms with van der Waals surface area (Å²) >= 11 is 8.16. The Kier molecular flexibility index (Phi) is 5.34. The van der Waals surface area contributed by atoms with Crippen molar-refractivity contribution in [3.05, 3.63) is 126 Å². The molecule has 0 saturated heterocycles. The summed E-state index contributed by atoms with van der Waals surface area (Å²) in [7, 11) is 0. The number of hydrogen-bond donors (Lipinski definition) is 0. The van der Waals surface area contributed by atoms with Crippen molar-refractivity contribution in [3.63, 3.8) is 0 Å². The molecule has 0 fully saturated rings. The molecule has 0 nitrogen and oxygen atoms in total. The van der Waals surface area contributed by atoms with Crippen LogP contribution in [-0.2, 0) is 6.16 Å². The minimum atomic E-state index is -3.26. The van der Waals surface area contributed by atoms with Gasteiger partial charge in [-0.15, -0.1) is 0 Å². The standard InChI is InChI=1S/C27H26ClP/c1-22-13-12-14-24(23(22)2)21-29(28,25-15-6-3-7-16-25,26-17-8-4-9-18-26)27-19-10-5-11-20-27/h3-20H,21H2,1-2H3. The maximum absolute atomic E-state index is 8.16. The van der Waals surface area contributed by atoms with E-state index in [0.717, 1.165) is 6.16 Å². The van der Waals surface area contributed by atoms with Gasteiger partial charge in [0.1, 0.15) is 0 Å². The maximum atomic E-state index is 8.16. The molecule has 0 radical (unpaired) electrons. The van der Waals surface area contributed by atoms with Crippen molar-refractivity contribution in [1.29, 1.82) is 0 Å². The van der Waals surface area contributed by atoms with Crippen LogP contribution in [0.5, 0.6) is 0 Å². The van der Waals surface area contributed by atoms with E-state index in [0.29, 0.717) is 0 Å². The summed E-state index contributed by atoms with van der Waals surface area (Å²) in [6, 6.07) is 38.6. The summed E-state index contributed by atoms with van der Waals surface area (Å²) in [5.74, 6) is -3.26. The van der Waals surface area contributed by atoms with Crippen LogP contribution in [0.15, 0.2) is 109 Å². The molecule has 2 heteroatoms. The average Bonchev–Trinajstić information content (AvgIpc) is 2.79. The molecule has 0 N–H and O–H groups in total. The van der Waals surface area contributed by atoms with E-state index in [4.69, 9.17) is 11.2 Å². The Labute approximate surface area is 178 Å². The van der Waals surface area contributed by atoms with Gasteiger partial charge in [-0.05, 0) is 0 Å². The van der Waals surface area contributed by atoms with Crippen LogP contribution in [0.1, 0.15) is 16.7 Å². The van der Waals surface area contributed by atoms with Crippen molar-refractivity contribution >= 4 is 33.1 Å². The van der Waals surface area contributed by atoms with Gasteiger partial charge < -0.3 is 0 Å². The Hall–Kier alpha value is -2.40. The van der Waals surface area contributed by atoms with Gasteiger partial charge >= 0.3 is 179 Å². The Morgan fingerprint density at radius 1 is 0.552 bits per heavy atom. The third-order valence-corrected chi connectivity index (χ3v) is 13.2. The third-order valence-electron chi connectivity index (χ3n) is 6.07. The number of halogens is 1. The van der Waals surface area contributed by atoms with Crippen LogP contribution in [0.25, 0.3) is 0 Å². The molecule has 4 aromatic carbocycles. The van der Waals surface area contributed by atoms with Crippen molar-refractivity contribution in [3.8, 4) is 0 Å². The molecule has 0 aliphatic heterocycles. The van der Waals surface area contributed by atoms with E-state index in [1.54, 1.807) is 0 Å². The summed E-state index contributed by atoms with van der Waals surface area (Å²) in [6.45, 7) is 4.39. The second-order valence-corrected chi connectivity index (χ2v) is 14.2. The number of hydrogen-bond acceptors (Lipinski definition) is 0. The Bertz CT molecular complexity index is 1010. The molecule has 0 amide bonds. The molecule has 0 heterocycles. The van der Waals surface area contributed by atoms with E-state index < -0.39 is 5.96 Å². The summed E-state index contributed by atoms with van der Waals surface area (Å²) in [6.07, 6.45) is 0.790. The van der Waals surface area contributed by atoms with Crippen molar-refractivity contribution in [2.24, 2.45) is 0 Å². The van der Waals surface area contributed by atoms with Crippen LogP contribution < -0.4 is 15.9 Å². The second kappa shape index (κ2) is 7.79. The van der Waals surface area contributed by atoms with E-state index in [-0.39, 0.29) is 0 Å². The number of aryl methyl sites for hydroxylation is 1. The van der Waals surface area contributed by atoms with E-state index in [9.17, 15) is 0 Å². The molecule has 29 heavy (non-hydrogen) atoms. The quantitative estimate of drug-likeness (QED) is 0.326.